The molecular formula is C15H22N2S. The van der Waals surface area contributed by atoms with E-state index >= 15 is 0 Å². The quantitative estimate of drug-likeness (QED) is 0.846. The second-order valence-electron chi connectivity index (χ2n) is 4.81. The molecule has 0 spiro atoms. The van der Waals surface area contributed by atoms with Crippen molar-refractivity contribution in [2.75, 3.05) is 13.1 Å². The molecule has 0 saturated heterocycles. The highest BCUT2D eigenvalue weighted by molar-refractivity contribution is 7.10. The van der Waals surface area contributed by atoms with Gasteiger partial charge < -0.3 is 5.73 Å². The number of thiophene rings is 1. The Balaban J connectivity index is 1.96. The number of rotatable bonds is 4. The van der Waals surface area contributed by atoms with E-state index in [2.05, 4.69) is 35.1 Å². The Morgan fingerprint density at radius 3 is 2.89 bits per heavy atom. The van der Waals surface area contributed by atoms with E-state index in [1.165, 1.54) is 30.6 Å². The first-order valence-corrected chi connectivity index (χ1v) is 7.72. The zero-order valence-electron chi connectivity index (χ0n) is 11.1. The minimum Gasteiger partial charge on any atom is -0.320 e. The number of hydrogen-bond acceptors (Lipinski definition) is 3. The normalized spacial score (nSPS) is 15.9. The monoisotopic (exact) mass is 262 g/mol. The van der Waals surface area contributed by atoms with Crippen LogP contribution in [0.1, 0.15) is 43.0 Å². The third kappa shape index (κ3) is 3.58. The van der Waals surface area contributed by atoms with Crippen LogP contribution < -0.4 is 5.73 Å². The third-order valence-corrected chi connectivity index (χ3v) is 4.52. The predicted molar refractivity (Wildman–Crippen MR) is 78.6 cm³/mol. The van der Waals surface area contributed by atoms with Crippen LogP contribution in [-0.2, 0) is 6.54 Å². The van der Waals surface area contributed by atoms with E-state index in [1.54, 1.807) is 0 Å². The van der Waals surface area contributed by atoms with Gasteiger partial charge in [-0.05, 0) is 25.5 Å². The van der Waals surface area contributed by atoms with Crippen LogP contribution in [0, 0.1) is 11.8 Å². The Kier molecular flexibility index (Phi) is 5.25. The Morgan fingerprint density at radius 1 is 1.44 bits per heavy atom. The molecule has 1 aromatic heterocycles. The van der Waals surface area contributed by atoms with E-state index in [0.29, 0.717) is 6.54 Å². The molecule has 0 aliphatic heterocycles. The summed E-state index contributed by atoms with van der Waals surface area (Å²) in [6, 6.07) is 3.01. The summed E-state index contributed by atoms with van der Waals surface area (Å²) >= 11 is 1.82. The Labute approximate surface area is 114 Å². The van der Waals surface area contributed by atoms with Gasteiger partial charge in [0.05, 0.1) is 6.54 Å². The molecule has 1 fully saturated rings. The maximum absolute atomic E-state index is 5.39. The molecule has 1 aliphatic carbocycles. The fraction of sp³-hybridized carbons (Fsp3) is 0.600. The van der Waals surface area contributed by atoms with Crippen molar-refractivity contribution in [2.45, 2.75) is 45.2 Å². The van der Waals surface area contributed by atoms with Gasteiger partial charge in [-0.25, -0.2) is 0 Å². The summed E-state index contributed by atoms with van der Waals surface area (Å²) in [6.45, 7) is 4.93. The summed E-state index contributed by atoms with van der Waals surface area (Å²) in [7, 11) is 0. The lowest BCUT2D eigenvalue weighted by atomic mass is 10.2. The van der Waals surface area contributed by atoms with E-state index in [1.807, 2.05) is 11.3 Å². The van der Waals surface area contributed by atoms with E-state index in [0.717, 1.165) is 24.7 Å². The highest BCUT2D eigenvalue weighted by Crippen LogP contribution is 2.26. The molecule has 3 heteroatoms. The van der Waals surface area contributed by atoms with Crippen molar-refractivity contribution in [1.29, 1.82) is 0 Å². The lowest BCUT2D eigenvalue weighted by Crippen LogP contribution is -2.32. The Morgan fingerprint density at radius 2 is 2.22 bits per heavy atom. The molecule has 0 unspecified atom stereocenters. The molecule has 0 atom stereocenters. The van der Waals surface area contributed by atoms with Gasteiger partial charge in [0.1, 0.15) is 0 Å². The van der Waals surface area contributed by atoms with Gasteiger partial charge in [0.15, 0.2) is 0 Å². The molecule has 2 N–H and O–H groups in total. The summed E-state index contributed by atoms with van der Waals surface area (Å²) in [6.07, 6.45) is 5.55. The van der Waals surface area contributed by atoms with Gasteiger partial charge in [0, 0.05) is 28.4 Å². The topological polar surface area (TPSA) is 29.3 Å². The van der Waals surface area contributed by atoms with Crippen LogP contribution in [0.5, 0.6) is 0 Å². The second kappa shape index (κ2) is 6.94. The fourth-order valence-corrected chi connectivity index (χ4v) is 3.49. The lowest BCUT2D eigenvalue weighted by Gasteiger charge is -2.26. The SMILES string of the molecule is CCN(Cc1cc(C#CCN)cs1)C1CCCC1. The Hall–Kier alpha value is -0.820. The van der Waals surface area contributed by atoms with Crippen molar-refractivity contribution in [2.24, 2.45) is 5.73 Å². The maximum Gasteiger partial charge on any atom is 0.0555 e. The third-order valence-electron chi connectivity index (χ3n) is 3.59. The first-order valence-electron chi connectivity index (χ1n) is 6.84. The molecule has 0 aromatic carbocycles. The van der Waals surface area contributed by atoms with Crippen molar-refractivity contribution < 1.29 is 0 Å². The van der Waals surface area contributed by atoms with Crippen LogP contribution in [0.3, 0.4) is 0 Å². The standard InChI is InChI=1S/C15H22N2S/c1-2-17(14-7-3-4-8-14)11-15-10-13(12-18-15)6-5-9-16/h10,12,14H,2-4,7-9,11,16H2,1H3. The van der Waals surface area contributed by atoms with Crippen LogP contribution in [0.4, 0.5) is 0 Å². The van der Waals surface area contributed by atoms with Gasteiger partial charge in [0.25, 0.3) is 0 Å². The van der Waals surface area contributed by atoms with Gasteiger partial charge in [-0.15, -0.1) is 11.3 Å². The van der Waals surface area contributed by atoms with Crippen molar-refractivity contribution in [1.82, 2.24) is 4.90 Å². The zero-order valence-corrected chi connectivity index (χ0v) is 11.9. The minimum atomic E-state index is 0.439. The first kappa shape index (κ1) is 13.6. The molecule has 18 heavy (non-hydrogen) atoms. The van der Waals surface area contributed by atoms with Crippen molar-refractivity contribution in [3.63, 3.8) is 0 Å². The molecule has 1 aromatic rings. The molecule has 0 bridgehead atoms. The highest BCUT2D eigenvalue weighted by Gasteiger charge is 2.21. The van der Waals surface area contributed by atoms with Gasteiger partial charge in [-0.2, -0.15) is 0 Å². The van der Waals surface area contributed by atoms with E-state index < -0.39 is 0 Å². The molecular weight excluding hydrogens is 240 g/mol. The minimum absolute atomic E-state index is 0.439. The summed E-state index contributed by atoms with van der Waals surface area (Å²) in [5.41, 5.74) is 6.50. The summed E-state index contributed by atoms with van der Waals surface area (Å²) in [5, 5.41) is 2.14. The summed E-state index contributed by atoms with van der Waals surface area (Å²) in [4.78, 5) is 4.03. The van der Waals surface area contributed by atoms with Gasteiger partial charge >= 0.3 is 0 Å². The average molecular weight is 262 g/mol. The van der Waals surface area contributed by atoms with Crippen LogP contribution in [-0.4, -0.2) is 24.0 Å². The predicted octanol–water partition coefficient (Wildman–Crippen LogP) is 2.82. The lowest BCUT2D eigenvalue weighted by molar-refractivity contribution is 0.202. The number of nitrogens with two attached hydrogens (primary N) is 1. The van der Waals surface area contributed by atoms with E-state index in [9.17, 15) is 0 Å². The summed E-state index contributed by atoms with van der Waals surface area (Å²) in [5.74, 6) is 6.01. The van der Waals surface area contributed by atoms with Gasteiger partial charge in [-0.3, -0.25) is 4.90 Å². The highest BCUT2D eigenvalue weighted by atomic mass is 32.1. The van der Waals surface area contributed by atoms with Crippen LogP contribution in [0.25, 0.3) is 0 Å². The van der Waals surface area contributed by atoms with Gasteiger partial charge in [0.2, 0.25) is 0 Å². The van der Waals surface area contributed by atoms with Crippen LogP contribution in [0.2, 0.25) is 0 Å². The zero-order chi connectivity index (χ0) is 12.8. The first-order chi connectivity index (χ1) is 8.83. The summed E-state index contributed by atoms with van der Waals surface area (Å²) < 4.78 is 0. The van der Waals surface area contributed by atoms with Crippen molar-refractivity contribution >= 4 is 11.3 Å². The van der Waals surface area contributed by atoms with E-state index in [4.69, 9.17) is 5.73 Å². The second-order valence-corrected chi connectivity index (χ2v) is 5.80. The largest absolute Gasteiger partial charge is 0.320 e. The van der Waals surface area contributed by atoms with Gasteiger partial charge in [-0.1, -0.05) is 31.6 Å². The maximum atomic E-state index is 5.39. The number of nitrogens with zero attached hydrogens (tertiary/aromatic N) is 1. The van der Waals surface area contributed by atoms with Crippen LogP contribution in [0.15, 0.2) is 11.4 Å². The van der Waals surface area contributed by atoms with Crippen molar-refractivity contribution in [3.05, 3.63) is 21.9 Å². The molecule has 98 valence electrons. The smallest absolute Gasteiger partial charge is 0.0555 e. The molecule has 0 amide bonds. The van der Waals surface area contributed by atoms with Crippen molar-refractivity contribution in [3.8, 4) is 11.8 Å². The molecule has 1 heterocycles. The Bertz CT molecular complexity index is 421. The molecule has 1 aliphatic rings. The molecule has 1 saturated carbocycles. The number of hydrogen-bond donors (Lipinski definition) is 1. The molecule has 0 radical (unpaired) electrons. The average Bonchev–Trinajstić information content (AvgIpc) is 3.04. The van der Waals surface area contributed by atoms with Crippen LogP contribution >= 0.6 is 11.3 Å². The fourth-order valence-electron chi connectivity index (χ4n) is 2.65. The van der Waals surface area contributed by atoms with E-state index in [-0.39, 0.29) is 0 Å². The molecule has 2 rings (SSSR count). The molecule has 2 nitrogen and oxygen atoms in total.